The number of nitrogens with one attached hydrogen (secondary N) is 2. The summed E-state index contributed by atoms with van der Waals surface area (Å²) in [7, 11) is -3.87. The van der Waals surface area contributed by atoms with Crippen LogP contribution in [-0.4, -0.2) is 32.5 Å². The normalized spacial score (nSPS) is 16.6. The average Bonchev–Trinajstić information content (AvgIpc) is 2.39. The van der Waals surface area contributed by atoms with Crippen LogP contribution >= 0.6 is 11.6 Å². The highest BCUT2D eigenvalue weighted by molar-refractivity contribution is 7.90. The highest BCUT2D eigenvalue weighted by atomic mass is 35.5. The molecule has 1 aromatic rings. The van der Waals surface area contributed by atoms with E-state index in [0.29, 0.717) is 5.02 Å². The van der Waals surface area contributed by atoms with Crippen LogP contribution < -0.4 is 10.1 Å². The number of piperidine rings is 1. The molecule has 0 saturated carbocycles. The monoisotopic (exact) mass is 317 g/mol. The molecule has 1 heterocycles. The van der Waals surface area contributed by atoms with E-state index < -0.39 is 16.1 Å². The summed E-state index contributed by atoms with van der Waals surface area (Å²) < 4.78 is 25.9. The van der Waals surface area contributed by atoms with Crippen LogP contribution in [0, 0.1) is 0 Å². The van der Waals surface area contributed by atoms with Gasteiger partial charge in [-0.2, -0.15) is 0 Å². The van der Waals surface area contributed by atoms with E-state index >= 15 is 0 Å². The van der Waals surface area contributed by atoms with Crippen molar-refractivity contribution in [2.24, 2.45) is 0 Å². The Labute approximate surface area is 123 Å². The lowest BCUT2D eigenvalue weighted by atomic mass is 10.2. The number of halogens is 1. The van der Waals surface area contributed by atoms with Gasteiger partial charge in [-0.15, -0.1) is 0 Å². The van der Waals surface area contributed by atoms with Gasteiger partial charge in [-0.25, -0.2) is 22.9 Å². The van der Waals surface area contributed by atoms with Crippen molar-refractivity contribution >= 4 is 27.7 Å². The van der Waals surface area contributed by atoms with Crippen molar-refractivity contribution < 1.29 is 13.2 Å². The van der Waals surface area contributed by atoms with Gasteiger partial charge in [0.15, 0.2) is 0 Å². The topological polar surface area (TPSA) is 78.5 Å². The lowest BCUT2D eigenvalue weighted by molar-refractivity contribution is 0.158. The molecule has 0 bridgehead atoms. The number of urea groups is 1. The van der Waals surface area contributed by atoms with Crippen molar-refractivity contribution in [3.8, 4) is 0 Å². The third-order valence-electron chi connectivity index (χ3n) is 2.97. The molecule has 2 rings (SSSR count). The van der Waals surface area contributed by atoms with Crippen molar-refractivity contribution in [2.45, 2.75) is 24.2 Å². The number of carbonyl (C=O) groups is 1. The van der Waals surface area contributed by atoms with Crippen LogP contribution in [0.2, 0.25) is 5.02 Å². The van der Waals surface area contributed by atoms with Gasteiger partial charge >= 0.3 is 6.03 Å². The van der Waals surface area contributed by atoms with E-state index in [1.54, 1.807) is 5.01 Å². The van der Waals surface area contributed by atoms with Crippen LogP contribution in [0.4, 0.5) is 4.79 Å². The maximum absolute atomic E-state index is 12.0. The highest BCUT2D eigenvalue weighted by Gasteiger charge is 2.19. The largest absolute Gasteiger partial charge is 0.343 e. The second-order valence-electron chi connectivity index (χ2n) is 4.55. The Balaban J connectivity index is 1.97. The summed E-state index contributed by atoms with van der Waals surface area (Å²) in [5, 5.41) is 2.15. The lowest BCUT2D eigenvalue weighted by Crippen LogP contribution is -2.50. The zero-order valence-electron chi connectivity index (χ0n) is 10.8. The number of hydrogen-bond donors (Lipinski definition) is 2. The number of amides is 2. The Morgan fingerprint density at radius 2 is 1.70 bits per heavy atom. The Kier molecular flexibility index (Phi) is 4.85. The second kappa shape index (κ2) is 6.43. The quantitative estimate of drug-likeness (QED) is 0.890. The fourth-order valence-corrected chi connectivity index (χ4v) is 2.99. The first-order valence-electron chi connectivity index (χ1n) is 6.31. The molecule has 1 aromatic carbocycles. The second-order valence-corrected chi connectivity index (χ2v) is 6.67. The molecule has 0 aromatic heterocycles. The molecule has 20 heavy (non-hydrogen) atoms. The molecular weight excluding hydrogens is 302 g/mol. The molecule has 110 valence electrons. The van der Waals surface area contributed by atoms with Gasteiger partial charge < -0.3 is 0 Å². The zero-order valence-corrected chi connectivity index (χ0v) is 12.4. The predicted molar refractivity (Wildman–Crippen MR) is 75.7 cm³/mol. The minimum atomic E-state index is -3.87. The van der Waals surface area contributed by atoms with Crippen molar-refractivity contribution in [3.05, 3.63) is 29.3 Å². The van der Waals surface area contributed by atoms with Crippen molar-refractivity contribution in [1.29, 1.82) is 0 Å². The van der Waals surface area contributed by atoms with Crippen LogP contribution in [0.15, 0.2) is 29.2 Å². The zero-order chi connectivity index (χ0) is 14.6. The average molecular weight is 318 g/mol. The number of carbonyl (C=O) groups excluding carboxylic acids is 1. The standard InChI is InChI=1S/C12H16ClN3O3S/c13-10-4-6-11(7-5-10)20(18,19)15-12(17)14-16-8-2-1-3-9-16/h4-7H,1-3,8-9H2,(H2,14,15,17). The number of benzene rings is 1. The summed E-state index contributed by atoms with van der Waals surface area (Å²) in [5.41, 5.74) is 2.53. The molecule has 8 heteroatoms. The van der Waals surface area contributed by atoms with Gasteiger partial charge in [-0.05, 0) is 37.1 Å². The maximum Gasteiger partial charge on any atom is 0.343 e. The summed E-state index contributed by atoms with van der Waals surface area (Å²) >= 11 is 5.70. The van der Waals surface area contributed by atoms with E-state index in [1.165, 1.54) is 24.3 Å². The Morgan fingerprint density at radius 1 is 1.10 bits per heavy atom. The minimum absolute atomic E-state index is 0.00399. The fourth-order valence-electron chi connectivity index (χ4n) is 1.97. The fraction of sp³-hybridized carbons (Fsp3) is 0.417. The summed E-state index contributed by atoms with van der Waals surface area (Å²) in [6.07, 6.45) is 3.11. The first-order chi connectivity index (χ1) is 9.47. The van der Waals surface area contributed by atoms with Gasteiger partial charge in [0, 0.05) is 18.1 Å². The molecule has 0 spiro atoms. The summed E-state index contributed by atoms with van der Waals surface area (Å²) in [6.45, 7) is 1.46. The van der Waals surface area contributed by atoms with Crippen molar-refractivity contribution in [2.75, 3.05) is 13.1 Å². The van der Waals surface area contributed by atoms with Crippen LogP contribution in [0.1, 0.15) is 19.3 Å². The molecule has 2 N–H and O–H groups in total. The SMILES string of the molecule is O=C(NN1CCCCC1)NS(=O)(=O)c1ccc(Cl)cc1. The van der Waals surface area contributed by atoms with Gasteiger partial charge in [0.05, 0.1) is 4.90 Å². The summed E-state index contributed by atoms with van der Waals surface area (Å²) in [4.78, 5) is 11.7. The molecule has 2 amide bonds. The van der Waals surface area contributed by atoms with Crippen LogP contribution in [0.25, 0.3) is 0 Å². The molecule has 1 saturated heterocycles. The first-order valence-corrected chi connectivity index (χ1v) is 8.17. The van der Waals surface area contributed by atoms with E-state index in [-0.39, 0.29) is 4.90 Å². The molecule has 6 nitrogen and oxygen atoms in total. The minimum Gasteiger partial charge on any atom is -0.270 e. The van der Waals surface area contributed by atoms with Crippen molar-refractivity contribution in [1.82, 2.24) is 15.2 Å². The van der Waals surface area contributed by atoms with Gasteiger partial charge in [-0.3, -0.25) is 5.43 Å². The molecule has 0 unspecified atom stereocenters. The predicted octanol–water partition coefficient (Wildman–Crippen LogP) is 1.73. The van der Waals surface area contributed by atoms with E-state index in [4.69, 9.17) is 11.6 Å². The third-order valence-corrected chi connectivity index (χ3v) is 4.57. The summed E-state index contributed by atoms with van der Waals surface area (Å²) in [6, 6.07) is 4.86. The van der Waals surface area contributed by atoms with E-state index in [1.807, 2.05) is 4.72 Å². The Bertz CT molecular complexity index is 568. The molecule has 1 aliphatic rings. The van der Waals surface area contributed by atoms with Gasteiger partial charge in [0.2, 0.25) is 0 Å². The molecular formula is C12H16ClN3O3S. The van der Waals surface area contributed by atoms with E-state index in [9.17, 15) is 13.2 Å². The number of rotatable bonds is 3. The first kappa shape index (κ1) is 15.1. The summed E-state index contributed by atoms with van der Waals surface area (Å²) in [5.74, 6) is 0. The number of nitrogens with zero attached hydrogens (tertiary/aromatic N) is 1. The number of hydrazine groups is 1. The highest BCUT2D eigenvalue weighted by Crippen LogP contribution is 2.13. The molecule has 1 aliphatic heterocycles. The van der Waals surface area contributed by atoms with Gasteiger partial charge in [0.1, 0.15) is 0 Å². The number of sulfonamides is 1. The van der Waals surface area contributed by atoms with Crippen molar-refractivity contribution in [3.63, 3.8) is 0 Å². The Morgan fingerprint density at radius 3 is 2.30 bits per heavy atom. The smallest absolute Gasteiger partial charge is 0.270 e. The molecule has 1 fully saturated rings. The van der Waals surface area contributed by atoms with Crippen LogP contribution in [-0.2, 0) is 10.0 Å². The molecule has 0 atom stereocenters. The van der Waals surface area contributed by atoms with Gasteiger partial charge in [0.25, 0.3) is 10.0 Å². The van der Waals surface area contributed by atoms with E-state index in [0.717, 1.165) is 32.4 Å². The van der Waals surface area contributed by atoms with Crippen LogP contribution in [0.3, 0.4) is 0 Å². The molecule has 0 radical (unpaired) electrons. The lowest BCUT2D eigenvalue weighted by Gasteiger charge is -2.26. The maximum atomic E-state index is 12.0. The number of hydrogen-bond acceptors (Lipinski definition) is 4. The Hall–Kier alpha value is -1.31. The van der Waals surface area contributed by atoms with E-state index in [2.05, 4.69) is 5.43 Å². The van der Waals surface area contributed by atoms with Crippen LogP contribution in [0.5, 0.6) is 0 Å². The van der Waals surface area contributed by atoms with Gasteiger partial charge in [-0.1, -0.05) is 18.0 Å². The third kappa shape index (κ3) is 4.09. The molecule has 0 aliphatic carbocycles.